The molecule has 1 aliphatic rings. The normalized spacial score (nSPS) is 19.1. The van der Waals surface area contributed by atoms with Crippen LogP contribution in [-0.4, -0.2) is 22.6 Å². The van der Waals surface area contributed by atoms with Crippen molar-refractivity contribution in [3.8, 4) is 18.5 Å². The summed E-state index contributed by atoms with van der Waals surface area (Å²) in [5, 5.41) is 8.98. The second kappa shape index (κ2) is 6.88. The van der Waals surface area contributed by atoms with E-state index in [0.29, 0.717) is 35.4 Å². The molecule has 0 aliphatic heterocycles. The van der Waals surface area contributed by atoms with Gasteiger partial charge >= 0.3 is 0 Å². The summed E-state index contributed by atoms with van der Waals surface area (Å²) in [4.78, 5) is 12.0. The molecule has 0 saturated heterocycles. The van der Waals surface area contributed by atoms with Crippen LogP contribution in [0.4, 0.5) is 11.6 Å². The Kier molecular flexibility index (Phi) is 4.66. The van der Waals surface area contributed by atoms with Gasteiger partial charge in [0.1, 0.15) is 28.9 Å². The van der Waals surface area contributed by atoms with Gasteiger partial charge in [0.2, 0.25) is 0 Å². The summed E-state index contributed by atoms with van der Waals surface area (Å²) in [6.07, 6.45) is 9.66. The number of hydrogen-bond donors (Lipinski definition) is 2. The molecule has 0 spiro atoms. The number of nitriles is 1. The minimum atomic E-state index is 0.231. The van der Waals surface area contributed by atoms with Crippen molar-refractivity contribution in [1.29, 1.82) is 5.26 Å². The average Bonchev–Trinajstić information content (AvgIpc) is 3.00. The molecule has 4 N–H and O–H groups in total. The van der Waals surface area contributed by atoms with Crippen molar-refractivity contribution in [3.63, 3.8) is 0 Å². The summed E-state index contributed by atoms with van der Waals surface area (Å²) in [5.41, 5.74) is 12.6. The number of nitrogens with zero attached hydrogens (tertiary/aromatic N) is 4. The highest BCUT2D eigenvalue weighted by molar-refractivity contribution is 7.12. The van der Waals surface area contributed by atoms with Crippen molar-refractivity contribution in [2.45, 2.75) is 25.3 Å². The molecule has 6 nitrogen and oxygen atoms in total. The van der Waals surface area contributed by atoms with Gasteiger partial charge < -0.3 is 11.5 Å². The number of nitrogen functional groups attached to an aromatic ring is 1. The third-order valence-corrected chi connectivity index (χ3v) is 5.35. The lowest BCUT2D eigenvalue weighted by atomic mass is 9.79. The molecule has 2 heterocycles. The predicted octanol–water partition coefficient (Wildman–Crippen LogP) is 1.72. The Bertz CT molecular complexity index is 809. The highest BCUT2D eigenvalue weighted by Crippen LogP contribution is 2.36. The van der Waals surface area contributed by atoms with Gasteiger partial charge in [0.25, 0.3) is 0 Å². The van der Waals surface area contributed by atoms with Gasteiger partial charge in [-0.2, -0.15) is 5.26 Å². The van der Waals surface area contributed by atoms with Crippen LogP contribution in [0.15, 0.2) is 18.5 Å². The first-order valence-corrected chi connectivity index (χ1v) is 8.51. The molecule has 0 radical (unpaired) electrons. The first-order valence-electron chi connectivity index (χ1n) is 7.70. The van der Waals surface area contributed by atoms with Gasteiger partial charge in [-0.15, -0.1) is 11.3 Å². The minimum absolute atomic E-state index is 0.231. The number of aromatic nitrogens is 2. The molecule has 2 aromatic rings. The molecular formula is C17H18N6S. The maximum absolute atomic E-state index is 8.98. The van der Waals surface area contributed by atoms with Crippen molar-refractivity contribution in [2.24, 2.45) is 11.7 Å². The Morgan fingerprint density at radius 1 is 1.38 bits per heavy atom. The highest BCUT2D eigenvalue weighted by Gasteiger charge is 2.34. The number of nitrogens with two attached hydrogens (primary N) is 2. The Morgan fingerprint density at radius 3 is 2.79 bits per heavy atom. The smallest absolute Gasteiger partial charge is 0.149 e. The second-order valence-electron chi connectivity index (χ2n) is 5.84. The molecule has 24 heavy (non-hydrogen) atoms. The zero-order valence-electron chi connectivity index (χ0n) is 13.1. The molecule has 0 aromatic carbocycles. The molecule has 7 heteroatoms. The number of anilines is 2. The van der Waals surface area contributed by atoms with E-state index in [0.717, 1.165) is 23.3 Å². The average molecular weight is 338 g/mol. The Balaban J connectivity index is 1.89. The van der Waals surface area contributed by atoms with Crippen molar-refractivity contribution >= 4 is 23.0 Å². The molecule has 1 fully saturated rings. The zero-order chi connectivity index (χ0) is 17.1. The summed E-state index contributed by atoms with van der Waals surface area (Å²) in [5.74, 6) is 1.61. The third-order valence-electron chi connectivity index (χ3n) is 4.36. The van der Waals surface area contributed by atoms with Crippen LogP contribution in [0.25, 0.3) is 0 Å². The topological polar surface area (TPSA) is 105 Å². The molecule has 1 aliphatic carbocycles. The van der Waals surface area contributed by atoms with Crippen LogP contribution >= 0.6 is 11.3 Å². The van der Waals surface area contributed by atoms with Crippen LogP contribution in [-0.2, 0) is 6.42 Å². The van der Waals surface area contributed by atoms with Gasteiger partial charge in [0.05, 0.1) is 0 Å². The Morgan fingerprint density at radius 2 is 2.17 bits per heavy atom. The molecule has 0 atom stereocenters. The van der Waals surface area contributed by atoms with Crippen molar-refractivity contribution in [3.05, 3.63) is 33.8 Å². The molecule has 0 amide bonds. The Hall–Kier alpha value is -2.61. The van der Waals surface area contributed by atoms with Gasteiger partial charge in [-0.25, -0.2) is 9.97 Å². The number of thiophene rings is 1. The van der Waals surface area contributed by atoms with E-state index in [9.17, 15) is 0 Å². The van der Waals surface area contributed by atoms with E-state index < -0.39 is 0 Å². The number of rotatable bonds is 5. The molecule has 1 saturated carbocycles. The van der Waals surface area contributed by atoms with Gasteiger partial charge in [-0.3, -0.25) is 4.90 Å². The SMILES string of the molecule is C#CN(c1ncnc(N)c1Cc1ccc(C#N)s1)C1CC(CN)C1. The van der Waals surface area contributed by atoms with Crippen molar-refractivity contribution in [1.82, 2.24) is 9.97 Å². The largest absolute Gasteiger partial charge is 0.383 e. The molecular weight excluding hydrogens is 320 g/mol. The van der Waals surface area contributed by atoms with Gasteiger partial charge in [-0.1, -0.05) is 6.42 Å². The van der Waals surface area contributed by atoms with Gasteiger partial charge in [0.15, 0.2) is 0 Å². The number of hydrogen-bond acceptors (Lipinski definition) is 7. The fraction of sp³-hybridized carbons (Fsp3) is 0.353. The van der Waals surface area contributed by atoms with E-state index >= 15 is 0 Å². The quantitative estimate of drug-likeness (QED) is 0.635. The van der Waals surface area contributed by atoms with E-state index in [4.69, 9.17) is 23.2 Å². The Labute approximate surface area is 145 Å². The lowest BCUT2D eigenvalue weighted by molar-refractivity contribution is 0.271. The maximum atomic E-state index is 8.98. The lowest BCUT2D eigenvalue weighted by Crippen LogP contribution is -2.45. The summed E-state index contributed by atoms with van der Waals surface area (Å²) in [6, 6.07) is 8.84. The molecule has 0 unspecified atom stereocenters. The lowest BCUT2D eigenvalue weighted by Gasteiger charge is -2.40. The van der Waals surface area contributed by atoms with Crippen molar-refractivity contribution in [2.75, 3.05) is 17.2 Å². The summed E-state index contributed by atoms with van der Waals surface area (Å²) >= 11 is 1.44. The fourth-order valence-electron chi connectivity index (χ4n) is 2.94. The summed E-state index contributed by atoms with van der Waals surface area (Å²) < 4.78 is 0. The first kappa shape index (κ1) is 16.3. The fourth-order valence-corrected chi connectivity index (χ4v) is 3.76. The summed E-state index contributed by atoms with van der Waals surface area (Å²) in [7, 11) is 0. The van der Waals surface area contributed by atoms with E-state index in [1.807, 2.05) is 11.0 Å². The maximum Gasteiger partial charge on any atom is 0.149 e. The van der Waals surface area contributed by atoms with E-state index in [1.165, 1.54) is 17.7 Å². The van der Waals surface area contributed by atoms with Crippen molar-refractivity contribution < 1.29 is 0 Å². The third kappa shape index (κ3) is 3.05. The predicted molar refractivity (Wildman–Crippen MR) is 95.2 cm³/mol. The zero-order valence-corrected chi connectivity index (χ0v) is 14.0. The molecule has 3 rings (SSSR count). The van der Waals surface area contributed by atoms with Gasteiger partial charge in [0, 0.05) is 28.9 Å². The van der Waals surface area contributed by atoms with E-state index in [-0.39, 0.29) is 6.04 Å². The molecule has 0 bridgehead atoms. The molecule has 2 aromatic heterocycles. The van der Waals surface area contributed by atoms with Crippen LogP contribution in [0.2, 0.25) is 0 Å². The summed E-state index contributed by atoms with van der Waals surface area (Å²) in [6.45, 7) is 0.680. The second-order valence-corrected chi connectivity index (χ2v) is 7.01. The van der Waals surface area contributed by atoms with Gasteiger partial charge in [-0.05, 0) is 37.4 Å². The van der Waals surface area contributed by atoms with Crippen LogP contribution in [0.3, 0.4) is 0 Å². The van der Waals surface area contributed by atoms with Crippen LogP contribution in [0.5, 0.6) is 0 Å². The van der Waals surface area contributed by atoms with E-state index in [1.54, 1.807) is 6.07 Å². The van der Waals surface area contributed by atoms with Crippen LogP contribution < -0.4 is 16.4 Å². The standard InChI is InChI=1S/C17H18N6S/c1-2-23(12-5-11(6-12)8-18)17-15(16(20)21-10-22-17)7-13-3-4-14(9-19)24-13/h1,3-4,10-12H,5-8,18H2,(H2,20,21,22). The van der Waals surface area contributed by atoms with Crippen LogP contribution in [0.1, 0.15) is 28.2 Å². The van der Waals surface area contributed by atoms with E-state index in [2.05, 4.69) is 22.1 Å². The monoisotopic (exact) mass is 338 g/mol. The van der Waals surface area contributed by atoms with Crippen LogP contribution in [0, 0.1) is 29.7 Å². The highest BCUT2D eigenvalue weighted by atomic mass is 32.1. The molecule has 122 valence electrons. The first-order chi connectivity index (χ1) is 11.7. The number of terminal acetylenes is 1. The minimum Gasteiger partial charge on any atom is -0.383 e.